The van der Waals surface area contributed by atoms with Crippen LogP contribution in [0.2, 0.25) is 0 Å². The van der Waals surface area contributed by atoms with E-state index in [1.807, 2.05) is 12.1 Å². The van der Waals surface area contributed by atoms with Gasteiger partial charge in [0.2, 0.25) is 0 Å². The van der Waals surface area contributed by atoms with Gasteiger partial charge in [-0.15, -0.1) is 0 Å². The maximum absolute atomic E-state index is 12.3. The number of aryl methyl sites for hydroxylation is 1. The second-order valence-electron chi connectivity index (χ2n) is 5.24. The number of hydrogen-bond donors (Lipinski definition) is 2. The number of methoxy groups -OCH3 is 1. The Morgan fingerprint density at radius 2 is 1.83 bits per heavy atom. The molecule has 0 fully saturated rings. The molecule has 0 aliphatic carbocycles. The predicted molar refractivity (Wildman–Crippen MR) is 91.2 cm³/mol. The Hall–Kier alpha value is -2.38. The molecule has 0 unspecified atom stereocenters. The summed E-state index contributed by atoms with van der Waals surface area (Å²) in [6.07, 6.45) is 1.96. The Labute approximate surface area is 141 Å². The van der Waals surface area contributed by atoms with Gasteiger partial charge in [-0.3, -0.25) is 9.35 Å². The molecule has 1 amide bonds. The molecule has 0 spiro atoms. The maximum Gasteiger partial charge on any atom is 0.294 e. The molecule has 0 atom stereocenters. The van der Waals surface area contributed by atoms with E-state index in [0.717, 1.165) is 24.5 Å². The Balaban J connectivity index is 2.27. The summed E-state index contributed by atoms with van der Waals surface area (Å²) in [5.41, 5.74) is 1.74. The summed E-state index contributed by atoms with van der Waals surface area (Å²) in [5.74, 6) is -0.109. The predicted octanol–water partition coefficient (Wildman–Crippen LogP) is 3.15. The van der Waals surface area contributed by atoms with E-state index in [-0.39, 0.29) is 10.6 Å². The van der Waals surface area contributed by atoms with E-state index in [0.29, 0.717) is 11.3 Å². The number of amides is 1. The van der Waals surface area contributed by atoms with E-state index in [4.69, 9.17) is 9.29 Å². The fraction of sp³-hybridized carbons (Fsp3) is 0.235. The van der Waals surface area contributed by atoms with Crippen LogP contribution in [0.5, 0.6) is 5.75 Å². The molecule has 0 aliphatic rings. The van der Waals surface area contributed by atoms with Crippen molar-refractivity contribution in [2.24, 2.45) is 0 Å². The minimum absolute atomic E-state index is 0.162. The van der Waals surface area contributed by atoms with Crippen molar-refractivity contribution in [1.82, 2.24) is 0 Å². The van der Waals surface area contributed by atoms with Crippen molar-refractivity contribution in [3.05, 3.63) is 53.6 Å². The summed E-state index contributed by atoms with van der Waals surface area (Å²) in [7, 11) is -2.97. The molecule has 2 rings (SSSR count). The van der Waals surface area contributed by atoms with Crippen LogP contribution in [0.15, 0.2) is 47.4 Å². The van der Waals surface area contributed by atoms with E-state index < -0.39 is 16.0 Å². The average Bonchev–Trinajstić information content (AvgIpc) is 2.55. The molecule has 6 nitrogen and oxygen atoms in total. The standard InChI is InChI=1S/C17H19NO5S/c1-3-4-12-5-7-13(8-6-12)17(19)18-15-11-14(24(20,21)22)9-10-16(15)23-2/h5-11H,3-4H2,1-2H3,(H,18,19)(H,20,21,22). The smallest absolute Gasteiger partial charge is 0.294 e. The molecule has 0 saturated carbocycles. The lowest BCUT2D eigenvalue weighted by Gasteiger charge is -2.11. The van der Waals surface area contributed by atoms with Gasteiger partial charge in [-0.05, 0) is 42.3 Å². The van der Waals surface area contributed by atoms with Crippen LogP contribution in [0.1, 0.15) is 29.3 Å². The number of carbonyl (C=O) groups excluding carboxylic acids is 1. The maximum atomic E-state index is 12.3. The van der Waals surface area contributed by atoms with Crippen LogP contribution >= 0.6 is 0 Å². The molecule has 0 aliphatic heterocycles. The number of ether oxygens (including phenoxy) is 1. The third-order valence-electron chi connectivity index (χ3n) is 3.47. The number of benzene rings is 2. The van der Waals surface area contributed by atoms with Gasteiger partial charge >= 0.3 is 0 Å². The lowest BCUT2D eigenvalue weighted by molar-refractivity contribution is 0.102. The number of hydrogen-bond acceptors (Lipinski definition) is 4. The molecular formula is C17H19NO5S. The van der Waals surface area contributed by atoms with Crippen LogP contribution in [-0.2, 0) is 16.5 Å². The Bertz CT molecular complexity index is 829. The van der Waals surface area contributed by atoms with Gasteiger partial charge in [-0.1, -0.05) is 25.5 Å². The van der Waals surface area contributed by atoms with Crippen molar-refractivity contribution in [1.29, 1.82) is 0 Å². The van der Waals surface area contributed by atoms with E-state index in [1.165, 1.54) is 19.2 Å². The van der Waals surface area contributed by atoms with Crippen molar-refractivity contribution in [3.8, 4) is 5.75 Å². The molecule has 7 heteroatoms. The SMILES string of the molecule is CCCc1ccc(C(=O)Nc2cc(S(=O)(=O)O)ccc2OC)cc1. The normalized spacial score (nSPS) is 11.1. The fourth-order valence-electron chi connectivity index (χ4n) is 2.25. The van der Waals surface area contributed by atoms with Gasteiger partial charge in [0.25, 0.3) is 16.0 Å². The topological polar surface area (TPSA) is 92.7 Å². The summed E-state index contributed by atoms with van der Waals surface area (Å²) < 4.78 is 36.7. The Morgan fingerprint density at radius 1 is 1.17 bits per heavy atom. The van der Waals surface area contributed by atoms with Gasteiger partial charge < -0.3 is 10.1 Å². The first kappa shape index (κ1) is 18.0. The summed E-state index contributed by atoms with van der Waals surface area (Å²) in [6, 6.07) is 10.9. The second-order valence-corrected chi connectivity index (χ2v) is 6.66. The molecule has 0 heterocycles. The van der Waals surface area contributed by atoms with Crippen molar-refractivity contribution in [2.45, 2.75) is 24.7 Å². The quantitative estimate of drug-likeness (QED) is 0.782. The van der Waals surface area contributed by atoms with Crippen molar-refractivity contribution in [3.63, 3.8) is 0 Å². The molecule has 0 aromatic heterocycles. The van der Waals surface area contributed by atoms with Crippen molar-refractivity contribution >= 4 is 21.7 Å². The summed E-state index contributed by atoms with van der Waals surface area (Å²) in [5, 5.41) is 2.60. The zero-order valence-corrected chi connectivity index (χ0v) is 14.3. The molecule has 0 saturated heterocycles. The molecule has 2 aromatic carbocycles. The second kappa shape index (κ2) is 7.46. The van der Waals surface area contributed by atoms with Crippen LogP contribution in [0.3, 0.4) is 0 Å². The van der Waals surface area contributed by atoms with Gasteiger partial charge in [0.1, 0.15) is 5.75 Å². The van der Waals surface area contributed by atoms with Gasteiger partial charge in [0.15, 0.2) is 0 Å². The number of nitrogens with one attached hydrogen (secondary N) is 1. The van der Waals surface area contributed by atoms with E-state index >= 15 is 0 Å². The summed E-state index contributed by atoms with van der Waals surface area (Å²) in [6.45, 7) is 2.08. The lowest BCUT2D eigenvalue weighted by atomic mass is 10.1. The molecule has 2 N–H and O–H groups in total. The van der Waals surface area contributed by atoms with E-state index in [1.54, 1.807) is 12.1 Å². The van der Waals surface area contributed by atoms with Gasteiger partial charge in [-0.25, -0.2) is 0 Å². The molecule has 24 heavy (non-hydrogen) atoms. The Kier molecular flexibility index (Phi) is 5.58. The lowest BCUT2D eigenvalue weighted by Crippen LogP contribution is -2.13. The zero-order chi connectivity index (χ0) is 17.7. The molecule has 2 aromatic rings. The molecule has 0 bridgehead atoms. The first-order valence-electron chi connectivity index (χ1n) is 7.41. The molecule has 128 valence electrons. The van der Waals surface area contributed by atoms with Crippen LogP contribution in [0, 0.1) is 0 Å². The van der Waals surface area contributed by atoms with Crippen LogP contribution < -0.4 is 10.1 Å². The number of anilines is 1. The summed E-state index contributed by atoms with van der Waals surface area (Å²) in [4.78, 5) is 12.0. The highest BCUT2D eigenvalue weighted by Crippen LogP contribution is 2.28. The highest BCUT2D eigenvalue weighted by molar-refractivity contribution is 7.85. The highest BCUT2D eigenvalue weighted by Gasteiger charge is 2.15. The zero-order valence-electron chi connectivity index (χ0n) is 13.4. The monoisotopic (exact) mass is 349 g/mol. The largest absolute Gasteiger partial charge is 0.495 e. The number of rotatable bonds is 6. The van der Waals surface area contributed by atoms with Crippen LogP contribution in [0.25, 0.3) is 0 Å². The Morgan fingerprint density at radius 3 is 2.38 bits per heavy atom. The number of carbonyl (C=O) groups is 1. The van der Waals surface area contributed by atoms with Crippen molar-refractivity contribution in [2.75, 3.05) is 12.4 Å². The fourth-order valence-corrected chi connectivity index (χ4v) is 2.76. The average molecular weight is 349 g/mol. The van der Waals surface area contributed by atoms with Crippen LogP contribution in [-0.4, -0.2) is 26.0 Å². The van der Waals surface area contributed by atoms with Crippen molar-refractivity contribution < 1.29 is 22.5 Å². The minimum Gasteiger partial charge on any atom is -0.495 e. The van der Waals surface area contributed by atoms with Crippen LogP contribution in [0.4, 0.5) is 5.69 Å². The van der Waals surface area contributed by atoms with Gasteiger partial charge in [0.05, 0.1) is 17.7 Å². The van der Waals surface area contributed by atoms with Gasteiger partial charge in [0, 0.05) is 5.56 Å². The molecular weight excluding hydrogens is 330 g/mol. The highest BCUT2D eigenvalue weighted by atomic mass is 32.2. The third-order valence-corrected chi connectivity index (χ3v) is 4.32. The third kappa shape index (κ3) is 4.33. The van der Waals surface area contributed by atoms with E-state index in [2.05, 4.69) is 12.2 Å². The summed E-state index contributed by atoms with van der Waals surface area (Å²) >= 11 is 0. The first-order chi connectivity index (χ1) is 11.3. The minimum atomic E-state index is -4.37. The molecule has 0 radical (unpaired) electrons. The van der Waals surface area contributed by atoms with E-state index in [9.17, 15) is 13.2 Å². The van der Waals surface area contributed by atoms with Gasteiger partial charge in [-0.2, -0.15) is 8.42 Å². The first-order valence-corrected chi connectivity index (χ1v) is 8.85.